The molecule has 9 nitrogen and oxygen atoms in total. The number of hydrogen-bond donors (Lipinski definition) is 2. The zero-order valence-corrected chi connectivity index (χ0v) is 25.8. The van der Waals surface area contributed by atoms with Gasteiger partial charge in [0.05, 0.1) is 17.0 Å². The molecule has 3 heterocycles. The fourth-order valence-electron chi connectivity index (χ4n) is 6.08. The van der Waals surface area contributed by atoms with Crippen molar-refractivity contribution in [3.63, 3.8) is 0 Å². The van der Waals surface area contributed by atoms with Gasteiger partial charge < -0.3 is 19.2 Å². The van der Waals surface area contributed by atoms with E-state index in [4.69, 9.17) is 4.42 Å². The maximum absolute atomic E-state index is 13.9. The zero-order valence-electron chi connectivity index (χ0n) is 25.0. The molecule has 12 heteroatoms. The first-order chi connectivity index (χ1) is 21.5. The van der Waals surface area contributed by atoms with Gasteiger partial charge in [0.25, 0.3) is 11.8 Å². The fourth-order valence-corrected chi connectivity index (χ4v) is 6.74. The van der Waals surface area contributed by atoms with Crippen LogP contribution in [0.25, 0.3) is 33.2 Å². The van der Waals surface area contributed by atoms with E-state index in [0.717, 1.165) is 5.52 Å². The summed E-state index contributed by atoms with van der Waals surface area (Å²) >= 11 is 0. The molecule has 2 amide bonds. The summed E-state index contributed by atoms with van der Waals surface area (Å²) in [5, 5.41) is 3.72. The third kappa shape index (κ3) is 5.66. The summed E-state index contributed by atoms with van der Waals surface area (Å²) in [6, 6.07) is 14.9. The summed E-state index contributed by atoms with van der Waals surface area (Å²) in [4.78, 5) is 28.7. The molecule has 3 aromatic carbocycles. The predicted octanol–water partition coefficient (Wildman–Crippen LogP) is 6.01. The quantitative estimate of drug-likeness (QED) is 0.228. The van der Waals surface area contributed by atoms with Crippen molar-refractivity contribution in [1.82, 2.24) is 14.8 Å². The third-order valence-corrected chi connectivity index (χ3v) is 9.73. The van der Waals surface area contributed by atoms with Crippen LogP contribution in [-0.2, 0) is 17.1 Å². The number of carbonyl (C=O) groups is 2. The van der Waals surface area contributed by atoms with Crippen LogP contribution in [0.5, 0.6) is 0 Å². The average Bonchev–Trinajstić information content (AvgIpc) is 3.56. The summed E-state index contributed by atoms with van der Waals surface area (Å²) in [6.45, 7) is 2.31. The number of benzene rings is 3. The SMILES string of the molecule is CCS(=O)(=O)Nc1cc2oc(-c3ccc(F)cc3)c(C(=O)NC)c2cc1[C@H]1CCCN(C(=O)c2cc3cc(F)ccc3n2C)C1. The Hall–Kier alpha value is -4.71. The van der Waals surface area contributed by atoms with Gasteiger partial charge in [-0.1, -0.05) is 0 Å². The molecule has 2 N–H and O–H groups in total. The van der Waals surface area contributed by atoms with Crippen LogP contribution in [-0.4, -0.2) is 55.6 Å². The lowest BCUT2D eigenvalue weighted by Crippen LogP contribution is -2.40. The molecule has 1 aliphatic heterocycles. The second-order valence-electron chi connectivity index (χ2n) is 11.2. The standard InChI is InChI=1S/C33H32F2N4O5S/c1-4-45(42,43)37-26-17-29-25(30(32(40)36-2)31(44-29)19-7-9-22(34)10-8-19)16-24(26)20-6-5-13-39(18-20)33(41)28-15-21-14-23(35)11-12-27(21)38(28)3/h7-12,14-17,20,37H,4-6,13,18H2,1-3H3,(H,36,40)/t20-/m0/s1. The molecule has 0 bridgehead atoms. The number of sulfonamides is 1. The highest BCUT2D eigenvalue weighted by Gasteiger charge is 2.31. The Morgan fingerprint density at radius 2 is 1.76 bits per heavy atom. The van der Waals surface area contributed by atoms with Crippen molar-refractivity contribution in [3.05, 3.63) is 89.1 Å². The van der Waals surface area contributed by atoms with Crippen molar-refractivity contribution in [2.45, 2.75) is 25.7 Å². The van der Waals surface area contributed by atoms with Gasteiger partial charge in [-0.05, 0) is 79.9 Å². The van der Waals surface area contributed by atoms with E-state index in [1.807, 2.05) is 0 Å². The maximum Gasteiger partial charge on any atom is 0.270 e. The smallest absolute Gasteiger partial charge is 0.270 e. The molecule has 0 saturated carbocycles. The first-order valence-electron chi connectivity index (χ1n) is 14.6. The van der Waals surface area contributed by atoms with E-state index in [9.17, 15) is 26.8 Å². The van der Waals surface area contributed by atoms with Crippen LogP contribution in [0.2, 0.25) is 0 Å². The molecular formula is C33H32F2N4O5S. The van der Waals surface area contributed by atoms with E-state index in [1.165, 1.54) is 50.4 Å². The lowest BCUT2D eigenvalue weighted by molar-refractivity contribution is 0.0698. The number of fused-ring (bicyclic) bond motifs is 2. The van der Waals surface area contributed by atoms with Gasteiger partial charge in [-0.15, -0.1) is 0 Å². The van der Waals surface area contributed by atoms with Crippen molar-refractivity contribution >= 4 is 49.4 Å². The predicted molar refractivity (Wildman–Crippen MR) is 169 cm³/mol. The molecule has 0 spiro atoms. The molecule has 5 aromatic rings. The molecule has 1 aliphatic rings. The minimum absolute atomic E-state index is 0.163. The largest absolute Gasteiger partial charge is 0.455 e. The number of anilines is 1. The Bertz CT molecular complexity index is 2070. The normalized spacial score (nSPS) is 15.5. The van der Waals surface area contributed by atoms with E-state index < -0.39 is 21.7 Å². The number of aromatic nitrogens is 1. The lowest BCUT2D eigenvalue weighted by atomic mass is 9.88. The first kappa shape index (κ1) is 30.3. The van der Waals surface area contributed by atoms with Crippen molar-refractivity contribution < 1.29 is 31.2 Å². The minimum Gasteiger partial charge on any atom is -0.455 e. The van der Waals surface area contributed by atoms with Crippen LogP contribution < -0.4 is 10.0 Å². The number of amides is 2. The third-order valence-electron chi connectivity index (χ3n) is 8.44. The summed E-state index contributed by atoms with van der Waals surface area (Å²) in [5.41, 5.74) is 3.05. The maximum atomic E-state index is 13.9. The molecule has 0 radical (unpaired) electrons. The van der Waals surface area contributed by atoms with E-state index >= 15 is 0 Å². The number of piperidine rings is 1. The number of carbonyl (C=O) groups excluding carboxylic acids is 2. The van der Waals surface area contributed by atoms with Gasteiger partial charge in [0, 0.05) is 61.0 Å². The Morgan fingerprint density at radius 1 is 1.02 bits per heavy atom. The topological polar surface area (TPSA) is 114 Å². The molecule has 234 valence electrons. The van der Waals surface area contributed by atoms with Gasteiger partial charge in [0.2, 0.25) is 10.0 Å². The van der Waals surface area contributed by atoms with Crippen LogP contribution in [0.3, 0.4) is 0 Å². The van der Waals surface area contributed by atoms with E-state index in [1.54, 1.807) is 40.8 Å². The number of aryl methyl sites for hydroxylation is 1. The summed E-state index contributed by atoms with van der Waals surface area (Å²) in [7, 11) is -0.453. The first-order valence-corrected chi connectivity index (χ1v) is 16.3. The molecule has 6 rings (SSSR count). The van der Waals surface area contributed by atoms with Crippen LogP contribution in [0.15, 0.2) is 65.1 Å². The molecule has 2 aromatic heterocycles. The number of hydrogen-bond acceptors (Lipinski definition) is 5. The van der Waals surface area contributed by atoms with Crippen molar-refractivity contribution in [1.29, 1.82) is 0 Å². The molecule has 1 saturated heterocycles. The second kappa shape index (κ2) is 11.7. The van der Waals surface area contributed by atoms with E-state index in [-0.39, 0.29) is 40.3 Å². The fraction of sp³-hybridized carbons (Fsp3) is 0.273. The molecular weight excluding hydrogens is 602 g/mol. The number of nitrogens with one attached hydrogen (secondary N) is 2. The van der Waals surface area contributed by atoms with Crippen molar-refractivity contribution in [3.8, 4) is 11.3 Å². The highest BCUT2D eigenvalue weighted by atomic mass is 32.2. The van der Waals surface area contributed by atoms with Crippen molar-refractivity contribution in [2.75, 3.05) is 30.6 Å². The minimum atomic E-state index is -3.71. The Balaban J connectivity index is 1.45. The molecule has 0 aliphatic carbocycles. The van der Waals surface area contributed by atoms with Crippen LogP contribution in [0.1, 0.15) is 52.1 Å². The summed E-state index contributed by atoms with van der Waals surface area (Å²) in [5.74, 6) is -1.70. The highest BCUT2D eigenvalue weighted by molar-refractivity contribution is 7.92. The van der Waals surface area contributed by atoms with Gasteiger partial charge in [0.15, 0.2) is 0 Å². The zero-order chi connectivity index (χ0) is 32.0. The van der Waals surface area contributed by atoms with Crippen LogP contribution >= 0.6 is 0 Å². The summed E-state index contributed by atoms with van der Waals surface area (Å²) < 4.78 is 63.7. The lowest BCUT2D eigenvalue weighted by Gasteiger charge is -2.34. The number of nitrogens with zero attached hydrogens (tertiary/aromatic N) is 2. The van der Waals surface area contributed by atoms with Crippen LogP contribution in [0.4, 0.5) is 14.5 Å². The monoisotopic (exact) mass is 634 g/mol. The number of likely N-dealkylation sites (tertiary alicyclic amines) is 1. The molecule has 1 atom stereocenters. The van der Waals surface area contributed by atoms with Gasteiger partial charge >= 0.3 is 0 Å². The average molecular weight is 635 g/mol. The Morgan fingerprint density at radius 3 is 2.47 bits per heavy atom. The van der Waals surface area contributed by atoms with E-state index in [0.29, 0.717) is 59.2 Å². The van der Waals surface area contributed by atoms with Gasteiger partial charge in [-0.2, -0.15) is 0 Å². The van der Waals surface area contributed by atoms with Gasteiger partial charge in [-0.25, -0.2) is 17.2 Å². The van der Waals surface area contributed by atoms with Crippen molar-refractivity contribution in [2.24, 2.45) is 7.05 Å². The summed E-state index contributed by atoms with van der Waals surface area (Å²) in [6.07, 6.45) is 1.32. The Kier molecular flexibility index (Phi) is 7.86. The Labute approximate surface area is 258 Å². The number of rotatable bonds is 7. The molecule has 0 unspecified atom stereocenters. The van der Waals surface area contributed by atoms with E-state index in [2.05, 4.69) is 10.0 Å². The van der Waals surface area contributed by atoms with Gasteiger partial charge in [0.1, 0.15) is 28.7 Å². The highest BCUT2D eigenvalue weighted by Crippen LogP contribution is 2.41. The van der Waals surface area contributed by atoms with Gasteiger partial charge in [-0.3, -0.25) is 14.3 Å². The number of halogens is 2. The number of furan rings is 1. The second-order valence-corrected chi connectivity index (χ2v) is 13.2. The van der Waals surface area contributed by atoms with Crippen LogP contribution in [0, 0.1) is 11.6 Å². The molecule has 1 fully saturated rings. The molecule has 45 heavy (non-hydrogen) atoms.